The molecule has 0 amide bonds. The van der Waals surface area contributed by atoms with E-state index in [1.165, 1.54) is 0 Å². The topological polar surface area (TPSA) is 23.5 Å². The van der Waals surface area contributed by atoms with Crippen LogP contribution in [0.5, 0.6) is 0 Å². The molecular formula is C12H14ClNO. The van der Waals surface area contributed by atoms with Crippen LogP contribution in [-0.2, 0) is 6.61 Å². The fraction of sp³-hybridized carbons (Fsp3) is 0.333. The SMILES string of the molecule is OCc1c(Cl)cccc1N1CC=CCC1. The first-order valence-corrected chi connectivity index (χ1v) is 5.49. The quantitative estimate of drug-likeness (QED) is 0.780. The maximum absolute atomic E-state index is 9.30. The molecular weight excluding hydrogens is 210 g/mol. The van der Waals surface area contributed by atoms with E-state index in [4.69, 9.17) is 11.6 Å². The van der Waals surface area contributed by atoms with Gasteiger partial charge in [0.1, 0.15) is 0 Å². The molecule has 0 atom stereocenters. The van der Waals surface area contributed by atoms with E-state index < -0.39 is 0 Å². The number of hydrogen-bond donors (Lipinski definition) is 1. The summed E-state index contributed by atoms with van der Waals surface area (Å²) < 4.78 is 0. The first-order chi connectivity index (χ1) is 7.33. The lowest BCUT2D eigenvalue weighted by Crippen LogP contribution is -2.27. The molecule has 1 aliphatic rings. The minimum absolute atomic E-state index is 0.00474. The van der Waals surface area contributed by atoms with Gasteiger partial charge in [0.2, 0.25) is 0 Å². The molecule has 0 fully saturated rings. The first kappa shape index (κ1) is 10.5. The zero-order chi connectivity index (χ0) is 10.7. The van der Waals surface area contributed by atoms with E-state index >= 15 is 0 Å². The van der Waals surface area contributed by atoms with Crippen molar-refractivity contribution in [1.29, 1.82) is 0 Å². The van der Waals surface area contributed by atoms with Crippen LogP contribution in [-0.4, -0.2) is 18.2 Å². The Morgan fingerprint density at radius 3 is 2.87 bits per heavy atom. The number of aliphatic hydroxyl groups is 1. The lowest BCUT2D eigenvalue weighted by molar-refractivity contribution is 0.282. The van der Waals surface area contributed by atoms with Crippen molar-refractivity contribution < 1.29 is 5.11 Å². The highest BCUT2D eigenvalue weighted by atomic mass is 35.5. The summed E-state index contributed by atoms with van der Waals surface area (Å²) in [5.41, 5.74) is 1.88. The molecule has 80 valence electrons. The third kappa shape index (κ3) is 2.16. The molecule has 0 saturated heterocycles. The molecule has 0 bridgehead atoms. The monoisotopic (exact) mass is 223 g/mol. The maximum Gasteiger partial charge on any atom is 0.0716 e. The van der Waals surface area contributed by atoms with Crippen molar-refractivity contribution in [2.45, 2.75) is 13.0 Å². The van der Waals surface area contributed by atoms with Crippen molar-refractivity contribution in [1.82, 2.24) is 0 Å². The largest absolute Gasteiger partial charge is 0.392 e. The highest BCUT2D eigenvalue weighted by molar-refractivity contribution is 6.31. The van der Waals surface area contributed by atoms with Crippen LogP contribution in [0, 0.1) is 0 Å². The Morgan fingerprint density at radius 1 is 1.33 bits per heavy atom. The molecule has 0 unspecified atom stereocenters. The van der Waals surface area contributed by atoms with Crippen molar-refractivity contribution in [3.8, 4) is 0 Å². The summed E-state index contributed by atoms with van der Waals surface area (Å²) in [4.78, 5) is 2.23. The second kappa shape index (κ2) is 4.69. The molecule has 1 aliphatic heterocycles. The van der Waals surface area contributed by atoms with Crippen molar-refractivity contribution in [3.63, 3.8) is 0 Å². The molecule has 0 spiro atoms. The average Bonchev–Trinajstić information content (AvgIpc) is 2.30. The van der Waals surface area contributed by atoms with E-state index in [9.17, 15) is 5.11 Å². The van der Waals surface area contributed by atoms with Crippen LogP contribution in [0.25, 0.3) is 0 Å². The lowest BCUT2D eigenvalue weighted by atomic mass is 10.1. The minimum Gasteiger partial charge on any atom is -0.392 e. The van der Waals surface area contributed by atoms with Gasteiger partial charge in [-0.1, -0.05) is 29.8 Å². The van der Waals surface area contributed by atoms with Gasteiger partial charge in [0, 0.05) is 29.4 Å². The second-order valence-corrected chi connectivity index (χ2v) is 4.01. The Hall–Kier alpha value is -0.990. The van der Waals surface area contributed by atoms with Gasteiger partial charge in [-0.3, -0.25) is 0 Å². The number of aliphatic hydroxyl groups excluding tert-OH is 1. The molecule has 2 nitrogen and oxygen atoms in total. The summed E-state index contributed by atoms with van der Waals surface area (Å²) in [5.74, 6) is 0. The van der Waals surface area contributed by atoms with Gasteiger partial charge in [0.15, 0.2) is 0 Å². The van der Waals surface area contributed by atoms with Gasteiger partial charge >= 0.3 is 0 Å². The number of hydrogen-bond acceptors (Lipinski definition) is 2. The third-order valence-electron chi connectivity index (χ3n) is 2.65. The summed E-state index contributed by atoms with van der Waals surface area (Å²) in [6, 6.07) is 5.75. The molecule has 1 aromatic rings. The minimum atomic E-state index is -0.00474. The summed E-state index contributed by atoms with van der Waals surface area (Å²) in [5, 5.41) is 9.94. The molecule has 2 rings (SSSR count). The number of rotatable bonds is 2. The molecule has 0 aromatic heterocycles. The van der Waals surface area contributed by atoms with E-state index in [1.807, 2.05) is 18.2 Å². The van der Waals surface area contributed by atoms with Crippen molar-refractivity contribution in [2.75, 3.05) is 18.0 Å². The standard InChI is InChI=1S/C12H14ClNO/c13-11-5-4-6-12(10(11)9-15)14-7-2-1-3-8-14/h1-2,4-6,15H,3,7-9H2. The summed E-state index contributed by atoms with van der Waals surface area (Å²) in [6.45, 7) is 1.88. The Bertz CT molecular complexity index is 376. The zero-order valence-corrected chi connectivity index (χ0v) is 9.24. The van der Waals surface area contributed by atoms with E-state index in [2.05, 4.69) is 17.1 Å². The molecule has 1 N–H and O–H groups in total. The Kier molecular flexibility index (Phi) is 3.29. The molecule has 0 aliphatic carbocycles. The molecule has 15 heavy (non-hydrogen) atoms. The third-order valence-corrected chi connectivity index (χ3v) is 3.01. The fourth-order valence-electron chi connectivity index (χ4n) is 1.86. The molecule has 3 heteroatoms. The zero-order valence-electron chi connectivity index (χ0n) is 8.49. The van der Waals surface area contributed by atoms with Gasteiger partial charge in [0.05, 0.1) is 6.61 Å². The van der Waals surface area contributed by atoms with E-state index in [0.29, 0.717) is 5.02 Å². The maximum atomic E-state index is 9.30. The molecule has 0 radical (unpaired) electrons. The van der Waals surface area contributed by atoms with Crippen LogP contribution in [0.1, 0.15) is 12.0 Å². The second-order valence-electron chi connectivity index (χ2n) is 3.60. The van der Waals surface area contributed by atoms with Crippen molar-refractivity contribution in [3.05, 3.63) is 40.9 Å². The summed E-state index contributed by atoms with van der Waals surface area (Å²) in [6.07, 6.45) is 5.38. The van der Waals surface area contributed by atoms with Crippen LogP contribution in [0.3, 0.4) is 0 Å². The average molecular weight is 224 g/mol. The number of anilines is 1. The van der Waals surface area contributed by atoms with Crippen LogP contribution in [0.4, 0.5) is 5.69 Å². The van der Waals surface area contributed by atoms with Gasteiger partial charge in [-0.15, -0.1) is 0 Å². The Balaban J connectivity index is 2.34. The number of benzene rings is 1. The Morgan fingerprint density at radius 2 is 2.20 bits per heavy atom. The van der Waals surface area contributed by atoms with Crippen LogP contribution in [0.2, 0.25) is 5.02 Å². The van der Waals surface area contributed by atoms with Crippen molar-refractivity contribution in [2.24, 2.45) is 0 Å². The normalized spacial score (nSPS) is 15.7. The number of nitrogens with zero attached hydrogens (tertiary/aromatic N) is 1. The smallest absolute Gasteiger partial charge is 0.0716 e. The van der Waals surface area contributed by atoms with E-state index in [0.717, 1.165) is 30.8 Å². The van der Waals surface area contributed by atoms with Gasteiger partial charge in [0.25, 0.3) is 0 Å². The predicted octanol–water partition coefficient (Wildman–Crippen LogP) is 2.60. The molecule has 0 saturated carbocycles. The first-order valence-electron chi connectivity index (χ1n) is 5.11. The van der Waals surface area contributed by atoms with Gasteiger partial charge < -0.3 is 10.0 Å². The Labute approximate surface area is 94.8 Å². The predicted molar refractivity (Wildman–Crippen MR) is 63.3 cm³/mol. The van der Waals surface area contributed by atoms with Crippen molar-refractivity contribution >= 4 is 17.3 Å². The van der Waals surface area contributed by atoms with Gasteiger partial charge in [-0.25, -0.2) is 0 Å². The molecule has 1 heterocycles. The summed E-state index contributed by atoms with van der Waals surface area (Å²) >= 11 is 6.04. The lowest BCUT2D eigenvalue weighted by Gasteiger charge is -2.27. The van der Waals surface area contributed by atoms with Gasteiger partial charge in [-0.2, -0.15) is 0 Å². The van der Waals surface area contributed by atoms with E-state index in [1.54, 1.807) is 0 Å². The highest BCUT2D eigenvalue weighted by Crippen LogP contribution is 2.28. The van der Waals surface area contributed by atoms with Gasteiger partial charge in [-0.05, 0) is 18.6 Å². The van der Waals surface area contributed by atoms with E-state index in [-0.39, 0.29) is 6.61 Å². The van der Waals surface area contributed by atoms with Crippen LogP contribution < -0.4 is 4.90 Å². The van der Waals surface area contributed by atoms with Crippen LogP contribution in [0.15, 0.2) is 30.4 Å². The van der Waals surface area contributed by atoms with Crippen LogP contribution >= 0.6 is 11.6 Å². The summed E-state index contributed by atoms with van der Waals surface area (Å²) in [7, 11) is 0. The fourth-order valence-corrected chi connectivity index (χ4v) is 2.09. The number of halogens is 1. The highest BCUT2D eigenvalue weighted by Gasteiger charge is 2.13. The molecule has 1 aromatic carbocycles.